The van der Waals surface area contributed by atoms with Crippen LogP contribution in [0.5, 0.6) is 0 Å². The van der Waals surface area contributed by atoms with Crippen LogP contribution in [0.25, 0.3) is 0 Å². The molecule has 3 heterocycles. The highest BCUT2D eigenvalue weighted by Gasteiger charge is 2.15. The number of morpholine rings is 1. The molecule has 8 heteroatoms. The number of pyridine rings is 1. The fraction of sp³-hybridized carbons (Fsp3) is 0.286. The second-order valence-corrected chi connectivity index (χ2v) is 7.64. The van der Waals surface area contributed by atoms with Crippen LogP contribution in [0.3, 0.4) is 0 Å². The standard InChI is InChI=1S/C21H22N4O3S/c1-15-13-17(24-28-15)14-29-21-19(3-2-8-22-21)20(26)23-16-4-6-18(7-5-16)25-9-11-27-12-10-25/h2-8,13H,9-12,14H2,1H3,(H,23,26). The van der Waals surface area contributed by atoms with Gasteiger partial charge in [0.05, 0.1) is 24.5 Å². The van der Waals surface area contributed by atoms with Crippen LogP contribution in [0, 0.1) is 6.92 Å². The molecule has 0 unspecified atom stereocenters. The van der Waals surface area contributed by atoms with E-state index in [1.165, 1.54) is 11.8 Å². The summed E-state index contributed by atoms with van der Waals surface area (Å²) >= 11 is 1.46. The quantitative estimate of drug-likeness (QED) is 0.620. The lowest BCUT2D eigenvalue weighted by atomic mass is 10.2. The molecule has 7 nitrogen and oxygen atoms in total. The topological polar surface area (TPSA) is 80.5 Å². The van der Waals surface area contributed by atoms with Gasteiger partial charge in [0, 0.05) is 42.5 Å². The van der Waals surface area contributed by atoms with Crippen molar-refractivity contribution in [1.82, 2.24) is 10.1 Å². The largest absolute Gasteiger partial charge is 0.378 e. The molecule has 29 heavy (non-hydrogen) atoms. The lowest BCUT2D eigenvalue weighted by Crippen LogP contribution is -2.36. The maximum atomic E-state index is 12.8. The first-order valence-corrected chi connectivity index (χ1v) is 10.4. The number of aryl methyl sites for hydroxylation is 1. The van der Waals surface area contributed by atoms with E-state index >= 15 is 0 Å². The lowest BCUT2D eigenvalue weighted by molar-refractivity contribution is 0.102. The number of thioether (sulfide) groups is 1. The number of anilines is 2. The molecule has 1 N–H and O–H groups in total. The maximum absolute atomic E-state index is 12.8. The van der Waals surface area contributed by atoms with Crippen LogP contribution in [0.4, 0.5) is 11.4 Å². The van der Waals surface area contributed by atoms with Gasteiger partial charge in [0.1, 0.15) is 10.8 Å². The van der Waals surface area contributed by atoms with Gasteiger partial charge in [0.2, 0.25) is 0 Å². The maximum Gasteiger partial charge on any atom is 0.258 e. The Labute approximate surface area is 173 Å². The van der Waals surface area contributed by atoms with E-state index in [0.717, 1.165) is 49.1 Å². The average molecular weight is 410 g/mol. The van der Waals surface area contributed by atoms with E-state index in [4.69, 9.17) is 9.26 Å². The molecule has 1 aliphatic rings. The SMILES string of the molecule is Cc1cc(CSc2ncccc2C(=O)Nc2ccc(N3CCOCC3)cc2)no1. The Hall–Kier alpha value is -2.84. The highest BCUT2D eigenvalue weighted by molar-refractivity contribution is 7.98. The third kappa shape index (κ3) is 4.96. The van der Waals surface area contributed by atoms with Gasteiger partial charge in [0.15, 0.2) is 0 Å². The van der Waals surface area contributed by atoms with Crippen molar-refractivity contribution in [3.8, 4) is 0 Å². The predicted molar refractivity (Wildman–Crippen MR) is 112 cm³/mol. The van der Waals surface area contributed by atoms with Gasteiger partial charge in [-0.1, -0.05) is 16.9 Å². The van der Waals surface area contributed by atoms with Gasteiger partial charge in [-0.15, -0.1) is 0 Å². The highest BCUT2D eigenvalue weighted by atomic mass is 32.2. The van der Waals surface area contributed by atoms with Crippen LogP contribution < -0.4 is 10.2 Å². The van der Waals surface area contributed by atoms with Crippen molar-refractivity contribution in [2.75, 3.05) is 36.5 Å². The molecule has 4 rings (SSSR count). The van der Waals surface area contributed by atoms with Crippen LogP contribution in [0.2, 0.25) is 0 Å². The molecule has 1 saturated heterocycles. The molecular weight excluding hydrogens is 388 g/mol. The third-order valence-electron chi connectivity index (χ3n) is 4.55. The second kappa shape index (κ2) is 9.11. The summed E-state index contributed by atoms with van der Waals surface area (Å²) in [4.78, 5) is 19.4. The Balaban J connectivity index is 1.41. The lowest BCUT2D eigenvalue weighted by Gasteiger charge is -2.28. The highest BCUT2D eigenvalue weighted by Crippen LogP contribution is 2.25. The number of amides is 1. The zero-order chi connectivity index (χ0) is 20.1. The van der Waals surface area contributed by atoms with Gasteiger partial charge in [-0.2, -0.15) is 0 Å². The minimum Gasteiger partial charge on any atom is -0.378 e. The number of ether oxygens (including phenoxy) is 1. The van der Waals surface area contributed by atoms with E-state index in [1.807, 2.05) is 37.3 Å². The number of carbonyl (C=O) groups is 1. The Kier molecular flexibility index (Phi) is 6.12. The predicted octanol–water partition coefficient (Wildman–Crippen LogP) is 3.76. The van der Waals surface area contributed by atoms with E-state index in [-0.39, 0.29) is 5.91 Å². The van der Waals surface area contributed by atoms with E-state index < -0.39 is 0 Å². The summed E-state index contributed by atoms with van der Waals surface area (Å²) in [7, 11) is 0. The summed E-state index contributed by atoms with van der Waals surface area (Å²) in [6, 6.07) is 13.3. The van der Waals surface area contributed by atoms with E-state index in [1.54, 1.807) is 18.3 Å². The Morgan fingerprint density at radius 2 is 2.00 bits per heavy atom. The Morgan fingerprint density at radius 1 is 1.21 bits per heavy atom. The minimum absolute atomic E-state index is 0.184. The van der Waals surface area contributed by atoms with Crippen LogP contribution in [-0.2, 0) is 10.5 Å². The number of nitrogens with zero attached hydrogens (tertiary/aromatic N) is 3. The molecule has 0 bridgehead atoms. The molecule has 0 aliphatic carbocycles. The number of carbonyl (C=O) groups excluding carboxylic acids is 1. The van der Waals surface area contributed by atoms with Gasteiger partial charge in [-0.3, -0.25) is 4.79 Å². The summed E-state index contributed by atoms with van der Waals surface area (Å²) in [5, 5.41) is 7.61. The molecule has 0 spiro atoms. The molecule has 0 atom stereocenters. The van der Waals surface area contributed by atoms with E-state index in [2.05, 4.69) is 20.4 Å². The fourth-order valence-corrected chi connectivity index (χ4v) is 3.95. The molecule has 1 aliphatic heterocycles. The van der Waals surface area contributed by atoms with E-state index in [0.29, 0.717) is 16.3 Å². The number of aromatic nitrogens is 2. The molecular formula is C21H22N4O3S. The van der Waals surface area contributed by atoms with Crippen molar-refractivity contribution >= 4 is 29.0 Å². The first-order valence-electron chi connectivity index (χ1n) is 9.43. The summed E-state index contributed by atoms with van der Waals surface area (Å²) in [6.45, 7) is 5.10. The minimum atomic E-state index is -0.184. The summed E-state index contributed by atoms with van der Waals surface area (Å²) < 4.78 is 10.5. The molecule has 0 saturated carbocycles. The van der Waals surface area contributed by atoms with Gasteiger partial charge in [-0.05, 0) is 43.3 Å². The summed E-state index contributed by atoms with van der Waals surface area (Å²) in [5.74, 6) is 1.17. The number of rotatable bonds is 6. The van der Waals surface area contributed by atoms with Gasteiger partial charge in [-0.25, -0.2) is 4.98 Å². The van der Waals surface area contributed by atoms with Crippen molar-refractivity contribution in [2.24, 2.45) is 0 Å². The second-order valence-electron chi connectivity index (χ2n) is 6.67. The molecule has 1 aromatic carbocycles. The Bertz CT molecular complexity index is 968. The van der Waals surface area contributed by atoms with Gasteiger partial charge >= 0.3 is 0 Å². The molecule has 1 amide bonds. The molecule has 150 valence electrons. The van der Waals surface area contributed by atoms with Crippen LogP contribution in [-0.4, -0.2) is 42.4 Å². The summed E-state index contributed by atoms with van der Waals surface area (Å²) in [6.07, 6.45) is 1.68. The molecule has 0 radical (unpaired) electrons. The van der Waals surface area contributed by atoms with Crippen molar-refractivity contribution in [1.29, 1.82) is 0 Å². The van der Waals surface area contributed by atoms with Gasteiger partial charge in [0.25, 0.3) is 5.91 Å². The van der Waals surface area contributed by atoms with Gasteiger partial charge < -0.3 is 19.5 Å². The van der Waals surface area contributed by atoms with Crippen molar-refractivity contribution in [3.05, 3.63) is 65.7 Å². The first-order chi connectivity index (χ1) is 14.2. The zero-order valence-electron chi connectivity index (χ0n) is 16.1. The average Bonchev–Trinajstić information content (AvgIpc) is 3.19. The molecule has 1 fully saturated rings. The number of hydrogen-bond donors (Lipinski definition) is 1. The summed E-state index contributed by atoms with van der Waals surface area (Å²) in [5.41, 5.74) is 3.24. The Morgan fingerprint density at radius 3 is 2.72 bits per heavy atom. The number of nitrogens with one attached hydrogen (secondary N) is 1. The van der Waals surface area contributed by atoms with Crippen LogP contribution in [0.15, 0.2) is 58.2 Å². The van der Waals surface area contributed by atoms with Crippen molar-refractivity contribution in [2.45, 2.75) is 17.7 Å². The van der Waals surface area contributed by atoms with Crippen molar-refractivity contribution < 1.29 is 14.1 Å². The van der Waals surface area contributed by atoms with Crippen molar-refractivity contribution in [3.63, 3.8) is 0 Å². The van der Waals surface area contributed by atoms with E-state index in [9.17, 15) is 4.79 Å². The number of benzene rings is 1. The fourth-order valence-electron chi connectivity index (χ4n) is 3.08. The zero-order valence-corrected chi connectivity index (χ0v) is 16.9. The molecule has 3 aromatic rings. The first kappa shape index (κ1) is 19.5. The smallest absolute Gasteiger partial charge is 0.258 e. The normalized spacial score (nSPS) is 14.0. The van der Waals surface area contributed by atoms with Crippen LogP contribution in [0.1, 0.15) is 21.8 Å². The number of hydrogen-bond acceptors (Lipinski definition) is 7. The third-order valence-corrected chi connectivity index (χ3v) is 5.59. The molecule has 2 aromatic heterocycles. The monoisotopic (exact) mass is 410 g/mol. The van der Waals surface area contributed by atoms with Crippen LogP contribution >= 0.6 is 11.8 Å².